The van der Waals surface area contributed by atoms with Gasteiger partial charge in [0, 0.05) is 6.07 Å². The number of hydrogen-bond donors (Lipinski definition) is 1. The van der Waals surface area contributed by atoms with Gasteiger partial charge in [0.25, 0.3) is 15.9 Å². The van der Waals surface area contributed by atoms with Gasteiger partial charge in [-0.15, -0.1) is 0 Å². The van der Waals surface area contributed by atoms with Gasteiger partial charge in [0.2, 0.25) is 0 Å². The van der Waals surface area contributed by atoms with E-state index in [1.54, 1.807) is 18.2 Å². The fraction of sp³-hybridized carbons (Fsp3) is 0.136. The molecule has 4 rings (SSSR count). The van der Waals surface area contributed by atoms with E-state index in [0.717, 1.165) is 16.4 Å². The van der Waals surface area contributed by atoms with Crippen LogP contribution in [0.3, 0.4) is 0 Å². The number of benzene rings is 3. The lowest BCUT2D eigenvalue weighted by Gasteiger charge is -2.34. The summed E-state index contributed by atoms with van der Waals surface area (Å²) in [7, 11) is -2.59. The van der Waals surface area contributed by atoms with Gasteiger partial charge in [-0.1, -0.05) is 12.1 Å². The molecular weight excluding hydrogens is 442 g/mol. The second kappa shape index (κ2) is 8.46. The molecule has 3 aromatic carbocycles. The van der Waals surface area contributed by atoms with Crippen LogP contribution in [0.4, 0.5) is 20.2 Å². The van der Waals surface area contributed by atoms with Gasteiger partial charge in [-0.25, -0.2) is 17.2 Å². The zero-order valence-electron chi connectivity index (χ0n) is 16.8. The number of carbonyl (C=O) groups excluding carboxylic acids is 1. The summed E-state index contributed by atoms with van der Waals surface area (Å²) >= 11 is 0. The maximum absolute atomic E-state index is 14.0. The highest BCUT2D eigenvalue weighted by atomic mass is 32.2. The minimum absolute atomic E-state index is 0.00117. The van der Waals surface area contributed by atoms with Gasteiger partial charge in [-0.05, 0) is 48.5 Å². The maximum Gasteiger partial charge on any atom is 0.267 e. The Balaban J connectivity index is 1.66. The Morgan fingerprint density at radius 3 is 2.50 bits per heavy atom. The van der Waals surface area contributed by atoms with E-state index in [4.69, 9.17) is 9.47 Å². The summed E-state index contributed by atoms with van der Waals surface area (Å²) in [6.45, 7) is -0.347. The number of halogens is 2. The zero-order chi connectivity index (χ0) is 22.9. The van der Waals surface area contributed by atoms with Gasteiger partial charge in [0.05, 0.1) is 29.9 Å². The molecule has 10 heteroatoms. The van der Waals surface area contributed by atoms with Crippen molar-refractivity contribution < 1.29 is 31.5 Å². The first-order valence-electron chi connectivity index (χ1n) is 9.48. The van der Waals surface area contributed by atoms with Crippen LogP contribution in [0.15, 0.2) is 71.6 Å². The van der Waals surface area contributed by atoms with Crippen LogP contribution >= 0.6 is 0 Å². The molecule has 1 N–H and O–H groups in total. The van der Waals surface area contributed by atoms with E-state index in [-0.39, 0.29) is 28.6 Å². The van der Waals surface area contributed by atoms with Gasteiger partial charge >= 0.3 is 0 Å². The van der Waals surface area contributed by atoms with Crippen molar-refractivity contribution in [1.29, 1.82) is 0 Å². The molecule has 1 amide bonds. The number of hydrogen-bond acceptors (Lipinski definition) is 5. The van der Waals surface area contributed by atoms with Crippen LogP contribution in [-0.4, -0.2) is 34.1 Å². The smallest absolute Gasteiger partial charge is 0.267 e. The molecule has 3 aromatic rings. The van der Waals surface area contributed by atoms with Crippen molar-refractivity contribution in [3.63, 3.8) is 0 Å². The molecule has 32 heavy (non-hydrogen) atoms. The molecule has 1 aliphatic rings. The summed E-state index contributed by atoms with van der Waals surface area (Å²) in [5.41, 5.74) is 0.0174. The largest absolute Gasteiger partial charge is 0.497 e. The zero-order valence-corrected chi connectivity index (χ0v) is 17.6. The average molecular weight is 460 g/mol. The van der Waals surface area contributed by atoms with Crippen LogP contribution in [0.25, 0.3) is 0 Å². The number of anilines is 2. The van der Waals surface area contributed by atoms with Crippen LogP contribution in [0, 0.1) is 11.6 Å². The Kier molecular flexibility index (Phi) is 5.70. The Morgan fingerprint density at radius 2 is 1.81 bits per heavy atom. The number of sulfonamides is 1. The van der Waals surface area contributed by atoms with Gasteiger partial charge < -0.3 is 14.8 Å². The van der Waals surface area contributed by atoms with Gasteiger partial charge in [0.1, 0.15) is 23.1 Å². The van der Waals surface area contributed by atoms with Crippen LogP contribution in [0.5, 0.6) is 11.5 Å². The number of nitrogens with zero attached hydrogens (tertiary/aromatic N) is 1. The second-order valence-electron chi connectivity index (χ2n) is 6.90. The predicted molar refractivity (Wildman–Crippen MR) is 113 cm³/mol. The number of carbonyl (C=O) groups is 1. The Hall–Kier alpha value is -3.66. The maximum atomic E-state index is 14.0. The van der Waals surface area contributed by atoms with Crippen molar-refractivity contribution in [1.82, 2.24) is 0 Å². The molecule has 7 nitrogen and oxygen atoms in total. The van der Waals surface area contributed by atoms with Gasteiger partial charge in [-0.3, -0.25) is 9.10 Å². The highest BCUT2D eigenvalue weighted by Gasteiger charge is 2.37. The molecule has 0 saturated heterocycles. The van der Waals surface area contributed by atoms with E-state index in [0.29, 0.717) is 11.8 Å². The first-order valence-corrected chi connectivity index (χ1v) is 10.9. The van der Waals surface area contributed by atoms with Crippen LogP contribution in [0.1, 0.15) is 0 Å². The van der Waals surface area contributed by atoms with Crippen molar-refractivity contribution in [2.75, 3.05) is 23.3 Å². The topological polar surface area (TPSA) is 84.9 Å². The van der Waals surface area contributed by atoms with Crippen molar-refractivity contribution in [3.8, 4) is 11.5 Å². The fourth-order valence-electron chi connectivity index (χ4n) is 3.25. The summed E-state index contributed by atoms with van der Waals surface area (Å²) in [5.74, 6) is -1.86. The monoisotopic (exact) mass is 460 g/mol. The molecule has 0 bridgehead atoms. The minimum Gasteiger partial charge on any atom is -0.497 e. The lowest BCUT2D eigenvalue weighted by Crippen LogP contribution is -2.48. The molecule has 0 fully saturated rings. The lowest BCUT2D eigenvalue weighted by atomic mass is 10.2. The molecule has 0 aromatic heterocycles. The van der Waals surface area contributed by atoms with Crippen molar-refractivity contribution >= 4 is 27.3 Å². The van der Waals surface area contributed by atoms with E-state index in [1.165, 1.54) is 37.4 Å². The fourth-order valence-corrected chi connectivity index (χ4v) is 4.72. The van der Waals surface area contributed by atoms with Gasteiger partial charge in [-0.2, -0.15) is 0 Å². The number of fused-ring (bicyclic) bond motifs is 1. The summed E-state index contributed by atoms with van der Waals surface area (Å²) in [5, 5.41) is 2.32. The third-order valence-electron chi connectivity index (χ3n) is 4.86. The Labute approximate surface area is 183 Å². The van der Waals surface area contributed by atoms with Crippen LogP contribution in [-0.2, 0) is 14.8 Å². The Morgan fingerprint density at radius 1 is 1.09 bits per heavy atom. The number of ether oxygens (including phenoxy) is 2. The SMILES string of the molecule is COc1ccc(S(=O)(=O)N2C[C@H](C(=O)Nc3ccc(F)cc3F)Oc3ccccc32)cc1. The minimum atomic E-state index is -4.06. The predicted octanol–water partition coefficient (Wildman–Crippen LogP) is 3.57. The molecule has 1 atom stereocenters. The third kappa shape index (κ3) is 4.09. The van der Waals surface area contributed by atoms with E-state index in [2.05, 4.69) is 5.32 Å². The average Bonchev–Trinajstić information content (AvgIpc) is 2.80. The molecule has 166 valence electrons. The number of nitrogens with one attached hydrogen (secondary N) is 1. The number of rotatable bonds is 5. The summed E-state index contributed by atoms with van der Waals surface area (Å²) in [6, 6.07) is 14.9. The highest BCUT2D eigenvalue weighted by molar-refractivity contribution is 7.92. The first kappa shape index (κ1) is 21.6. The number of amides is 1. The van der Waals surface area contributed by atoms with Crippen LogP contribution < -0.4 is 19.1 Å². The number of methoxy groups -OCH3 is 1. The molecule has 0 aliphatic carbocycles. The van der Waals surface area contributed by atoms with E-state index >= 15 is 0 Å². The summed E-state index contributed by atoms with van der Waals surface area (Å²) in [6.07, 6.45) is -1.28. The normalized spacial score (nSPS) is 15.5. The van der Waals surface area contributed by atoms with Crippen LogP contribution in [0.2, 0.25) is 0 Å². The summed E-state index contributed by atoms with van der Waals surface area (Å²) in [4.78, 5) is 12.8. The van der Waals surface area contributed by atoms with E-state index in [1.807, 2.05) is 0 Å². The quantitative estimate of drug-likeness (QED) is 0.629. The lowest BCUT2D eigenvalue weighted by molar-refractivity contribution is -0.122. The molecule has 0 unspecified atom stereocenters. The van der Waals surface area contributed by atoms with Crippen molar-refractivity contribution in [2.24, 2.45) is 0 Å². The highest BCUT2D eigenvalue weighted by Crippen LogP contribution is 2.37. The molecule has 0 spiro atoms. The molecule has 1 aliphatic heterocycles. The van der Waals surface area contributed by atoms with E-state index < -0.39 is 33.7 Å². The first-order chi connectivity index (χ1) is 15.3. The third-order valence-corrected chi connectivity index (χ3v) is 6.66. The van der Waals surface area contributed by atoms with Crippen molar-refractivity contribution in [3.05, 3.63) is 78.4 Å². The molecule has 1 heterocycles. The number of para-hydroxylation sites is 2. The molecule has 0 saturated carbocycles. The van der Waals surface area contributed by atoms with Crippen molar-refractivity contribution in [2.45, 2.75) is 11.0 Å². The summed E-state index contributed by atoms with van der Waals surface area (Å²) < 4.78 is 65.7. The van der Waals surface area contributed by atoms with Gasteiger partial charge in [0.15, 0.2) is 6.10 Å². The van der Waals surface area contributed by atoms with E-state index in [9.17, 15) is 22.0 Å². The molecular formula is C22H18F2N2O5S. The Bertz CT molecular complexity index is 1270. The second-order valence-corrected chi connectivity index (χ2v) is 8.76. The molecule has 0 radical (unpaired) electrons. The standard InChI is InChI=1S/C22H18F2N2O5S/c1-30-15-7-9-16(10-8-15)32(28,29)26-13-21(31-20-5-3-2-4-19(20)26)22(27)25-18-11-6-14(23)12-17(18)24/h2-12,21H,13H2,1H3,(H,25,27)/t21-/m1/s1.